The Morgan fingerprint density at radius 3 is 2.21 bits per heavy atom. The molecule has 0 unspecified atom stereocenters. The van der Waals surface area contributed by atoms with Crippen molar-refractivity contribution in [2.45, 2.75) is 38.3 Å². The molecular formula is C21H23FN2O4. The van der Waals surface area contributed by atoms with Gasteiger partial charge in [0.05, 0.1) is 0 Å². The summed E-state index contributed by atoms with van der Waals surface area (Å²) in [5.74, 6) is -2.80. The molecule has 0 heterocycles. The number of aliphatic carboxylic acids is 1. The second kappa shape index (κ2) is 10.2. The number of amides is 2. The van der Waals surface area contributed by atoms with Gasteiger partial charge in [0.15, 0.2) is 0 Å². The first-order valence-electron chi connectivity index (χ1n) is 8.94. The van der Waals surface area contributed by atoms with Crippen molar-refractivity contribution in [1.29, 1.82) is 0 Å². The van der Waals surface area contributed by atoms with E-state index in [0.717, 1.165) is 5.56 Å². The van der Waals surface area contributed by atoms with Gasteiger partial charge in [0.25, 0.3) is 0 Å². The van der Waals surface area contributed by atoms with E-state index in [9.17, 15) is 23.9 Å². The number of nitrogens with one attached hydrogen (secondary N) is 2. The maximum atomic E-state index is 13.9. The normalized spacial score (nSPS) is 12.6. The first-order chi connectivity index (χ1) is 13.4. The molecule has 0 bridgehead atoms. The summed E-state index contributed by atoms with van der Waals surface area (Å²) in [4.78, 5) is 35.6. The number of carbonyl (C=O) groups excluding carboxylic acids is 2. The third kappa shape index (κ3) is 6.50. The van der Waals surface area contributed by atoms with Crippen LogP contribution in [0.1, 0.15) is 24.5 Å². The summed E-state index contributed by atoms with van der Waals surface area (Å²) in [7, 11) is 0. The van der Waals surface area contributed by atoms with Crippen molar-refractivity contribution in [3.05, 3.63) is 71.5 Å². The highest BCUT2D eigenvalue weighted by Gasteiger charge is 2.26. The number of carbonyl (C=O) groups is 3. The maximum Gasteiger partial charge on any atom is 0.326 e. The van der Waals surface area contributed by atoms with E-state index in [1.807, 2.05) is 30.3 Å². The molecular weight excluding hydrogens is 363 g/mol. The molecule has 2 rings (SSSR count). The predicted molar refractivity (Wildman–Crippen MR) is 102 cm³/mol. The summed E-state index contributed by atoms with van der Waals surface area (Å²) in [6, 6.07) is 13.0. The summed E-state index contributed by atoms with van der Waals surface area (Å²) in [5.41, 5.74) is 1.21. The van der Waals surface area contributed by atoms with E-state index in [-0.39, 0.29) is 18.4 Å². The van der Waals surface area contributed by atoms with Gasteiger partial charge < -0.3 is 15.7 Å². The van der Waals surface area contributed by atoms with Crippen LogP contribution in [0.2, 0.25) is 0 Å². The zero-order chi connectivity index (χ0) is 20.5. The molecule has 2 amide bonds. The zero-order valence-electron chi connectivity index (χ0n) is 15.5. The lowest BCUT2D eigenvalue weighted by Gasteiger charge is -2.21. The second-order valence-electron chi connectivity index (χ2n) is 6.47. The Morgan fingerprint density at radius 2 is 1.61 bits per heavy atom. The minimum absolute atomic E-state index is 0.0802. The smallest absolute Gasteiger partial charge is 0.326 e. The topological polar surface area (TPSA) is 95.5 Å². The Labute approximate surface area is 162 Å². The number of rotatable bonds is 9. The molecule has 0 aliphatic heterocycles. The van der Waals surface area contributed by atoms with Crippen LogP contribution in [0.5, 0.6) is 0 Å². The van der Waals surface area contributed by atoms with Crippen LogP contribution in [0.25, 0.3) is 0 Å². The highest BCUT2D eigenvalue weighted by Crippen LogP contribution is 2.11. The first-order valence-corrected chi connectivity index (χ1v) is 8.94. The van der Waals surface area contributed by atoms with Gasteiger partial charge in [-0.2, -0.15) is 0 Å². The Kier molecular flexibility index (Phi) is 7.68. The Morgan fingerprint density at radius 1 is 0.964 bits per heavy atom. The van der Waals surface area contributed by atoms with Gasteiger partial charge in [0.2, 0.25) is 11.8 Å². The first kappa shape index (κ1) is 21.1. The van der Waals surface area contributed by atoms with Gasteiger partial charge in [0, 0.05) is 13.3 Å². The van der Waals surface area contributed by atoms with Gasteiger partial charge in [-0.25, -0.2) is 9.18 Å². The second-order valence-corrected chi connectivity index (χ2v) is 6.47. The van der Waals surface area contributed by atoms with Crippen LogP contribution in [-0.2, 0) is 27.2 Å². The fraction of sp³-hybridized carbons (Fsp3) is 0.286. The molecule has 0 fully saturated rings. The molecule has 2 aromatic rings. The summed E-state index contributed by atoms with van der Waals surface area (Å²) in [6.07, 6.45) is 0.580. The minimum atomic E-state index is -1.17. The summed E-state index contributed by atoms with van der Waals surface area (Å²) < 4.78 is 13.9. The van der Waals surface area contributed by atoms with Gasteiger partial charge in [-0.15, -0.1) is 0 Å². The average molecular weight is 386 g/mol. The van der Waals surface area contributed by atoms with E-state index in [1.54, 1.807) is 6.07 Å². The molecule has 2 aromatic carbocycles. The van der Waals surface area contributed by atoms with Crippen molar-refractivity contribution >= 4 is 17.8 Å². The minimum Gasteiger partial charge on any atom is -0.480 e. The van der Waals surface area contributed by atoms with E-state index in [0.29, 0.717) is 6.42 Å². The van der Waals surface area contributed by atoms with Gasteiger partial charge in [0.1, 0.15) is 17.9 Å². The SMILES string of the molecule is CC(=O)N[C@H](Cc1ccccc1F)C(=O)N[C@H](CCc1ccccc1)C(=O)O. The van der Waals surface area contributed by atoms with Crippen molar-refractivity contribution in [1.82, 2.24) is 10.6 Å². The number of carboxylic acids is 1. The summed E-state index contributed by atoms with van der Waals surface area (Å²) in [6.45, 7) is 1.24. The maximum absolute atomic E-state index is 13.9. The molecule has 7 heteroatoms. The molecule has 0 saturated carbocycles. The van der Waals surface area contributed by atoms with Crippen molar-refractivity contribution in [2.75, 3.05) is 0 Å². The quantitative estimate of drug-likeness (QED) is 0.615. The largest absolute Gasteiger partial charge is 0.480 e. The highest BCUT2D eigenvalue weighted by molar-refractivity contribution is 5.90. The lowest BCUT2D eigenvalue weighted by molar-refractivity contribution is -0.142. The third-order valence-electron chi connectivity index (χ3n) is 4.25. The molecule has 0 aromatic heterocycles. The number of benzene rings is 2. The van der Waals surface area contributed by atoms with Crippen molar-refractivity contribution < 1.29 is 23.9 Å². The molecule has 0 radical (unpaired) electrons. The predicted octanol–water partition coefficient (Wildman–Crippen LogP) is 2.08. The van der Waals surface area contributed by atoms with E-state index in [1.165, 1.54) is 25.1 Å². The lowest BCUT2D eigenvalue weighted by atomic mass is 10.0. The fourth-order valence-corrected chi connectivity index (χ4v) is 2.82. The standard InChI is InChI=1S/C21H23FN2O4/c1-14(25)23-19(13-16-9-5-6-10-17(16)22)20(26)24-18(21(27)28)12-11-15-7-3-2-4-8-15/h2-10,18-19H,11-13H2,1H3,(H,23,25)(H,24,26)(H,27,28)/t18-,19-/m1/s1. The van der Waals surface area contributed by atoms with Crippen molar-refractivity contribution in [3.63, 3.8) is 0 Å². The van der Waals surface area contributed by atoms with Crippen LogP contribution in [0, 0.1) is 5.82 Å². The van der Waals surface area contributed by atoms with E-state index >= 15 is 0 Å². The number of hydrogen-bond donors (Lipinski definition) is 3. The molecule has 148 valence electrons. The molecule has 0 aliphatic rings. The van der Waals surface area contributed by atoms with Crippen LogP contribution < -0.4 is 10.6 Å². The number of carboxylic acid groups (broad SMARTS) is 1. The Hall–Kier alpha value is -3.22. The van der Waals surface area contributed by atoms with E-state index < -0.39 is 35.7 Å². The van der Waals surface area contributed by atoms with Crippen LogP contribution in [0.3, 0.4) is 0 Å². The zero-order valence-corrected chi connectivity index (χ0v) is 15.5. The molecule has 3 N–H and O–H groups in total. The Balaban J connectivity index is 2.07. The van der Waals surface area contributed by atoms with Gasteiger partial charge in [-0.3, -0.25) is 9.59 Å². The summed E-state index contributed by atoms with van der Waals surface area (Å²) in [5, 5.41) is 14.4. The molecule has 0 spiro atoms. The monoisotopic (exact) mass is 386 g/mol. The summed E-state index contributed by atoms with van der Waals surface area (Å²) >= 11 is 0. The lowest BCUT2D eigenvalue weighted by Crippen LogP contribution is -2.52. The highest BCUT2D eigenvalue weighted by atomic mass is 19.1. The fourth-order valence-electron chi connectivity index (χ4n) is 2.82. The molecule has 0 aliphatic carbocycles. The van der Waals surface area contributed by atoms with Crippen molar-refractivity contribution in [3.8, 4) is 0 Å². The van der Waals surface area contributed by atoms with Gasteiger partial charge >= 0.3 is 5.97 Å². The third-order valence-corrected chi connectivity index (χ3v) is 4.25. The van der Waals surface area contributed by atoms with Crippen molar-refractivity contribution in [2.24, 2.45) is 0 Å². The Bertz CT molecular complexity index is 826. The number of aryl methyl sites for hydroxylation is 1. The number of hydrogen-bond acceptors (Lipinski definition) is 3. The van der Waals surface area contributed by atoms with E-state index in [2.05, 4.69) is 10.6 Å². The molecule has 0 saturated heterocycles. The van der Waals surface area contributed by atoms with Crippen LogP contribution >= 0.6 is 0 Å². The van der Waals surface area contributed by atoms with Gasteiger partial charge in [-0.1, -0.05) is 48.5 Å². The molecule has 6 nitrogen and oxygen atoms in total. The van der Waals surface area contributed by atoms with Crippen LogP contribution in [-0.4, -0.2) is 35.0 Å². The van der Waals surface area contributed by atoms with Gasteiger partial charge in [-0.05, 0) is 30.0 Å². The number of halogens is 1. The average Bonchev–Trinajstić information content (AvgIpc) is 2.66. The van der Waals surface area contributed by atoms with Crippen LogP contribution in [0.4, 0.5) is 4.39 Å². The molecule has 28 heavy (non-hydrogen) atoms. The van der Waals surface area contributed by atoms with Crippen LogP contribution in [0.15, 0.2) is 54.6 Å². The van der Waals surface area contributed by atoms with E-state index in [4.69, 9.17) is 0 Å². The molecule has 2 atom stereocenters.